The first-order valence-corrected chi connectivity index (χ1v) is 14.6. The molecule has 1 unspecified atom stereocenters. The average molecular weight is 591 g/mol. The van der Waals surface area contributed by atoms with Crippen LogP contribution in [-0.4, -0.2) is 50.9 Å². The van der Waals surface area contributed by atoms with Crippen molar-refractivity contribution in [2.75, 3.05) is 11.9 Å². The predicted octanol–water partition coefficient (Wildman–Crippen LogP) is 5.24. The van der Waals surface area contributed by atoms with Crippen molar-refractivity contribution in [3.8, 4) is 0 Å². The van der Waals surface area contributed by atoms with Crippen molar-refractivity contribution in [3.05, 3.63) is 82.6 Å². The van der Waals surface area contributed by atoms with Crippen molar-refractivity contribution in [1.82, 2.24) is 9.88 Å². The number of benzene rings is 1. The van der Waals surface area contributed by atoms with Crippen molar-refractivity contribution >= 4 is 29.7 Å². The Bertz CT molecular complexity index is 1620. The lowest BCUT2D eigenvalue weighted by molar-refractivity contribution is -0.750. The molecular formula is C31H31F3N7O2+. The van der Waals surface area contributed by atoms with Gasteiger partial charge in [0.1, 0.15) is 17.7 Å². The van der Waals surface area contributed by atoms with Gasteiger partial charge in [-0.05, 0) is 68.5 Å². The van der Waals surface area contributed by atoms with Crippen LogP contribution in [0.15, 0.2) is 70.2 Å². The van der Waals surface area contributed by atoms with Crippen molar-refractivity contribution in [2.24, 2.45) is 21.7 Å². The minimum atomic E-state index is -4.55. The molecule has 0 bridgehead atoms. The Labute approximate surface area is 246 Å². The number of hydrogen-bond donors (Lipinski definition) is 2. The topological polar surface area (TPSA) is 113 Å². The standard InChI is InChI=1S/C31H30F3N7O2/c32-31(33,34)22-14-24(18-2-1-3-18)37-26(15-22)38-30(43)20-6-4-19(5-7-20)29-39-28(25-16-36-12-13-41(25,29)35)21-8-9-23-10-11-27(42)40(23)17-21/h4-7,12-16,18,21,23H,1-3,8-11,17,35H2/p+1/t21-,23+,41?/m1/s1. The molecule has 0 radical (unpaired) electrons. The van der Waals surface area contributed by atoms with E-state index in [-0.39, 0.29) is 33.7 Å². The number of aromatic nitrogens is 1. The molecule has 43 heavy (non-hydrogen) atoms. The van der Waals surface area contributed by atoms with E-state index in [1.807, 2.05) is 4.90 Å². The number of alkyl halides is 3. The fraction of sp³-hybridized carbons (Fsp3) is 0.387. The molecule has 1 saturated carbocycles. The van der Waals surface area contributed by atoms with Gasteiger partial charge in [-0.1, -0.05) is 6.42 Å². The van der Waals surface area contributed by atoms with Gasteiger partial charge < -0.3 is 10.2 Å². The van der Waals surface area contributed by atoms with Crippen LogP contribution < -0.4 is 11.2 Å². The molecule has 0 spiro atoms. The maximum atomic E-state index is 13.6. The summed E-state index contributed by atoms with van der Waals surface area (Å²) in [6.07, 6.45) is 6.34. The highest BCUT2D eigenvalue weighted by Crippen LogP contribution is 2.41. The van der Waals surface area contributed by atoms with Gasteiger partial charge in [0, 0.05) is 42.1 Å². The van der Waals surface area contributed by atoms with Crippen LogP contribution in [0.4, 0.5) is 19.0 Å². The Morgan fingerprint density at radius 3 is 2.56 bits per heavy atom. The van der Waals surface area contributed by atoms with Crippen molar-refractivity contribution in [3.63, 3.8) is 0 Å². The zero-order valence-electron chi connectivity index (χ0n) is 23.3. The number of carbonyl (C=O) groups excluding carboxylic acids is 2. The highest BCUT2D eigenvalue weighted by molar-refractivity contribution is 6.05. The van der Waals surface area contributed by atoms with Crippen LogP contribution in [0.25, 0.3) is 0 Å². The first-order chi connectivity index (χ1) is 20.6. The molecule has 1 aromatic carbocycles. The van der Waals surface area contributed by atoms with Crippen LogP contribution in [0.3, 0.4) is 0 Å². The number of piperidine rings is 1. The van der Waals surface area contributed by atoms with E-state index in [9.17, 15) is 22.8 Å². The fourth-order valence-electron chi connectivity index (χ4n) is 6.65. The number of carbonyl (C=O) groups is 2. The van der Waals surface area contributed by atoms with Crippen molar-refractivity contribution < 1.29 is 27.4 Å². The third-order valence-electron chi connectivity index (χ3n) is 9.27. The Balaban J connectivity index is 1.13. The van der Waals surface area contributed by atoms with Gasteiger partial charge in [0.05, 0.1) is 23.5 Å². The van der Waals surface area contributed by atoms with Crippen LogP contribution >= 0.6 is 0 Å². The third-order valence-corrected chi connectivity index (χ3v) is 9.27. The molecule has 3 N–H and O–H groups in total. The number of nitrogens with zero attached hydrogens (tertiary/aromatic N) is 5. The lowest BCUT2D eigenvalue weighted by Gasteiger charge is -2.35. The van der Waals surface area contributed by atoms with E-state index < -0.39 is 17.6 Å². The number of nitrogens with two attached hydrogens (primary N) is 1. The maximum absolute atomic E-state index is 13.6. The zero-order chi connectivity index (χ0) is 29.9. The molecule has 5 aliphatic rings. The number of quaternary nitrogens is 1. The molecule has 9 nitrogen and oxygen atoms in total. The molecule has 7 rings (SSSR count). The van der Waals surface area contributed by atoms with Crippen LogP contribution in [0.1, 0.15) is 78.0 Å². The molecule has 5 heterocycles. The first kappa shape index (κ1) is 27.7. The van der Waals surface area contributed by atoms with E-state index in [2.05, 4.69) is 15.3 Å². The SMILES string of the molecule is N[N+]12C=CN=CC1=C([C@@H]1CC[C@H]3CCC(=O)N3C1)N=C2c1ccc(C(=O)Nc2cc(C(F)(F)F)cc(C3CCC3)n2)cc1. The Kier molecular flexibility index (Phi) is 6.58. The highest BCUT2D eigenvalue weighted by atomic mass is 19.4. The summed E-state index contributed by atoms with van der Waals surface area (Å²) in [6, 6.07) is 8.87. The molecule has 12 heteroatoms. The van der Waals surface area contributed by atoms with E-state index >= 15 is 0 Å². The highest BCUT2D eigenvalue weighted by Gasteiger charge is 2.48. The van der Waals surface area contributed by atoms with E-state index in [1.54, 1.807) is 42.9 Å². The first-order valence-electron chi connectivity index (χ1n) is 14.6. The van der Waals surface area contributed by atoms with Crippen LogP contribution in [-0.2, 0) is 11.0 Å². The summed E-state index contributed by atoms with van der Waals surface area (Å²) in [4.78, 5) is 41.1. The lowest BCUT2D eigenvalue weighted by atomic mass is 9.82. The summed E-state index contributed by atoms with van der Waals surface area (Å²) < 4.78 is 40.5. The second-order valence-electron chi connectivity index (χ2n) is 11.9. The molecule has 3 atom stereocenters. The molecule has 2 amide bonds. The number of anilines is 1. The molecule has 222 valence electrons. The summed E-state index contributed by atoms with van der Waals surface area (Å²) in [7, 11) is 0. The van der Waals surface area contributed by atoms with Gasteiger partial charge >= 0.3 is 6.18 Å². The number of rotatable bonds is 5. The van der Waals surface area contributed by atoms with Crippen molar-refractivity contribution in [1.29, 1.82) is 0 Å². The molecule has 3 fully saturated rings. The summed E-state index contributed by atoms with van der Waals surface area (Å²) in [5.74, 6) is 6.93. The number of nitrogens with one attached hydrogen (secondary N) is 1. The third kappa shape index (κ3) is 4.88. The van der Waals surface area contributed by atoms with Gasteiger partial charge in [-0.3, -0.25) is 14.6 Å². The number of allylic oxidation sites excluding steroid dienone is 1. The number of aliphatic imine (C=N–C) groups is 2. The maximum Gasteiger partial charge on any atom is 0.416 e. The van der Waals surface area contributed by atoms with Crippen LogP contribution in [0, 0.1) is 5.92 Å². The Morgan fingerprint density at radius 2 is 1.84 bits per heavy atom. The number of hydrogen-bond acceptors (Lipinski definition) is 6. The average Bonchev–Trinajstić information content (AvgIpc) is 3.48. The molecule has 4 aliphatic heterocycles. The molecular weight excluding hydrogens is 559 g/mol. The zero-order valence-corrected chi connectivity index (χ0v) is 23.3. The van der Waals surface area contributed by atoms with E-state index in [0.29, 0.717) is 36.1 Å². The van der Waals surface area contributed by atoms with Gasteiger partial charge in [0.25, 0.3) is 11.7 Å². The van der Waals surface area contributed by atoms with Gasteiger partial charge in [-0.15, -0.1) is 4.59 Å². The summed E-state index contributed by atoms with van der Waals surface area (Å²) >= 11 is 0. The summed E-state index contributed by atoms with van der Waals surface area (Å²) in [5, 5.41) is 2.55. The number of halogens is 3. The van der Waals surface area contributed by atoms with Gasteiger partial charge in [-0.25, -0.2) is 4.98 Å². The van der Waals surface area contributed by atoms with Crippen molar-refractivity contribution in [2.45, 2.75) is 63.1 Å². The number of fused-ring (bicyclic) bond motifs is 2. The van der Waals surface area contributed by atoms with Crippen LogP contribution in [0.2, 0.25) is 0 Å². The molecule has 2 aromatic rings. The quantitative estimate of drug-likeness (QED) is 0.366. The van der Waals surface area contributed by atoms with E-state index in [0.717, 1.165) is 62.1 Å². The minimum Gasteiger partial charge on any atom is -0.339 e. The van der Waals surface area contributed by atoms with Gasteiger partial charge in [-0.2, -0.15) is 24.0 Å². The fourth-order valence-corrected chi connectivity index (χ4v) is 6.65. The number of amidine groups is 1. The largest absolute Gasteiger partial charge is 0.416 e. The number of pyridine rings is 1. The summed E-state index contributed by atoms with van der Waals surface area (Å²) in [6.45, 7) is 0.599. The van der Waals surface area contributed by atoms with E-state index in [1.165, 1.54) is 0 Å². The van der Waals surface area contributed by atoms with E-state index in [4.69, 9.17) is 10.8 Å². The van der Waals surface area contributed by atoms with Crippen LogP contribution in [0.5, 0.6) is 0 Å². The Morgan fingerprint density at radius 1 is 1.05 bits per heavy atom. The minimum absolute atomic E-state index is 0.0274. The second kappa shape index (κ2) is 10.2. The monoisotopic (exact) mass is 590 g/mol. The lowest BCUT2D eigenvalue weighted by Crippen LogP contribution is -2.53. The molecule has 2 saturated heterocycles. The Hall–Kier alpha value is -4.16. The predicted molar refractivity (Wildman–Crippen MR) is 153 cm³/mol. The molecule has 1 aliphatic carbocycles. The normalized spacial score (nSPS) is 26.7. The molecule has 1 aromatic heterocycles. The number of amides is 2. The van der Waals surface area contributed by atoms with Gasteiger partial charge in [0.15, 0.2) is 0 Å². The second-order valence-corrected chi connectivity index (χ2v) is 11.9. The van der Waals surface area contributed by atoms with Gasteiger partial charge in [0.2, 0.25) is 11.6 Å². The summed E-state index contributed by atoms with van der Waals surface area (Å²) in [5.41, 5.74) is 2.01. The smallest absolute Gasteiger partial charge is 0.339 e.